The highest BCUT2D eigenvalue weighted by molar-refractivity contribution is 6.12. The van der Waals surface area contributed by atoms with Crippen LogP contribution in [0.1, 0.15) is 5.56 Å². The molecule has 0 aliphatic carbocycles. The lowest BCUT2D eigenvalue weighted by atomic mass is 10.0. The molecule has 0 N–H and O–H groups in total. The molecule has 37 heavy (non-hydrogen) atoms. The maximum atomic E-state index is 6.32. The van der Waals surface area contributed by atoms with Gasteiger partial charge in [-0.05, 0) is 36.5 Å². The summed E-state index contributed by atoms with van der Waals surface area (Å²) in [6.45, 7) is 4.20. The number of furan rings is 1. The van der Waals surface area contributed by atoms with Crippen molar-refractivity contribution < 1.29 is 4.42 Å². The topological polar surface area (TPSA) is 42.8 Å². The molecule has 176 valence electrons. The minimum absolute atomic E-state index is 0.450. The molecule has 2 heterocycles. The zero-order chi connectivity index (χ0) is 24.8. The van der Waals surface area contributed by atoms with Crippen molar-refractivity contribution in [3.05, 3.63) is 121 Å². The molecule has 0 spiro atoms. The van der Waals surface area contributed by atoms with Gasteiger partial charge in [0.15, 0.2) is 5.84 Å². The van der Waals surface area contributed by atoms with Crippen LogP contribution in [-0.2, 0) is 6.67 Å². The molecule has 5 aromatic carbocycles. The lowest BCUT2D eigenvalue weighted by Gasteiger charge is -2.07. The van der Waals surface area contributed by atoms with E-state index in [1.165, 1.54) is 10.8 Å². The number of hydrogen-bond acceptors (Lipinski definition) is 2. The minimum atomic E-state index is 0.450. The van der Waals surface area contributed by atoms with Crippen LogP contribution < -0.4 is 0 Å². The predicted molar refractivity (Wildman–Crippen MR) is 155 cm³/mol. The minimum Gasteiger partial charge on any atom is -0.455 e. The molecule has 2 aromatic heterocycles. The van der Waals surface area contributed by atoms with E-state index in [1.54, 1.807) is 0 Å². The summed E-state index contributed by atoms with van der Waals surface area (Å²) < 4.78 is 8.56. The average molecular weight is 478 g/mol. The molecule has 0 radical (unpaired) electrons. The summed E-state index contributed by atoms with van der Waals surface area (Å²) in [5.74, 6) is 0.639. The van der Waals surface area contributed by atoms with Gasteiger partial charge in [0.1, 0.15) is 17.8 Å². The van der Waals surface area contributed by atoms with E-state index in [0.29, 0.717) is 12.5 Å². The Labute approximate surface area is 213 Å². The summed E-state index contributed by atoms with van der Waals surface area (Å²) in [5.41, 5.74) is 7.26. The van der Waals surface area contributed by atoms with E-state index in [0.717, 1.165) is 49.7 Å². The van der Waals surface area contributed by atoms with Gasteiger partial charge in [-0.25, -0.2) is 9.98 Å². The van der Waals surface area contributed by atoms with Gasteiger partial charge in [0.2, 0.25) is 0 Å². The summed E-state index contributed by atoms with van der Waals surface area (Å²) in [6.07, 6.45) is 0. The molecule has 4 heteroatoms. The Morgan fingerprint density at radius 1 is 0.676 bits per heavy atom. The molecule has 7 aromatic rings. The van der Waals surface area contributed by atoms with Gasteiger partial charge in [-0.15, -0.1) is 0 Å². The van der Waals surface area contributed by atoms with Crippen LogP contribution in [0.15, 0.2) is 130 Å². The summed E-state index contributed by atoms with van der Waals surface area (Å²) in [5, 5.41) is 4.65. The zero-order valence-corrected chi connectivity index (χ0v) is 20.1. The Hall–Kier alpha value is -4.96. The zero-order valence-electron chi connectivity index (χ0n) is 20.1. The molecule has 0 atom stereocenters. The Morgan fingerprint density at radius 2 is 1.41 bits per heavy atom. The monoisotopic (exact) mass is 477 g/mol. The van der Waals surface area contributed by atoms with E-state index in [4.69, 9.17) is 9.41 Å². The van der Waals surface area contributed by atoms with E-state index in [2.05, 4.69) is 89.1 Å². The highest BCUT2D eigenvalue weighted by atomic mass is 16.3. The fraction of sp³-hybridized carbons (Fsp3) is 0.0303. The highest BCUT2D eigenvalue weighted by Crippen LogP contribution is 2.38. The van der Waals surface area contributed by atoms with Crippen molar-refractivity contribution in [1.29, 1.82) is 0 Å². The largest absolute Gasteiger partial charge is 0.455 e. The molecule has 0 saturated heterocycles. The number of para-hydroxylation sites is 3. The number of rotatable bonds is 4. The quantitative estimate of drug-likeness (QED) is 0.185. The van der Waals surface area contributed by atoms with Gasteiger partial charge in [-0.3, -0.25) is 0 Å². The maximum absolute atomic E-state index is 6.32. The Bertz CT molecular complexity index is 1980. The normalized spacial score (nSPS) is 12.2. The molecule has 0 aliphatic heterocycles. The summed E-state index contributed by atoms with van der Waals surface area (Å²) >= 11 is 0. The summed E-state index contributed by atoms with van der Waals surface area (Å²) in [7, 11) is 0. The van der Waals surface area contributed by atoms with Gasteiger partial charge in [0.25, 0.3) is 0 Å². The molecule has 0 amide bonds. The van der Waals surface area contributed by atoms with E-state index in [9.17, 15) is 0 Å². The van der Waals surface area contributed by atoms with Crippen LogP contribution in [0.4, 0.5) is 0 Å². The number of aromatic nitrogens is 1. The van der Waals surface area contributed by atoms with Gasteiger partial charge in [-0.2, -0.15) is 0 Å². The first-order valence-electron chi connectivity index (χ1n) is 12.3. The molecular weight excluding hydrogens is 454 g/mol. The highest BCUT2D eigenvalue weighted by Gasteiger charge is 2.15. The van der Waals surface area contributed by atoms with Crippen molar-refractivity contribution in [1.82, 2.24) is 4.57 Å². The molecule has 4 nitrogen and oxygen atoms in total. The van der Waals surface area contributed by atoms with Gasteiger partial charge in [-0.1, -0.05) is 91.0 Å². The van der Waals surface area contributed by atoms with E-state index in [-0.39, 0.29) is 0 Å². The molecule has 0 fully saturated rings. The second kappa shape index (κ2) is 8.61. The van der Waals surface area contributed by atoms with Crippen LogP contribution in [0.5, 0.6) is 0 Å². The third kappa shape index (κ3) is 3.46. The molecule has 7 rings (SSSR count). The van der Waals surface area contributed by atoms with Crippen LogP contribution in [0.25, 0.3) is 54.9 Å². The molecule has 0 aliphatic rings. The van der Waals surface area contributed by atoms with Gasteiger partial charge < -0.3 is 8.98 Å². The number of benzene rings is 5. The van der Waals surface area contributed by atoms with Gasteiger partial charge in [0.05, 0.1) is 11.0 Å². The standard InChI is InChI=1S/C33H23N3O/c1-34-33(22-10-3-2-4-11-22)35-21-36-29-16-7-5-12-25(29)28-20-23(18-19-30(28)36)24-14-9-15-27-26-13-6-8-17-31(26)37-32(24)27/h2-20H,1,21H2/b35-33-. The smallest absolute Gasteiger partial charge is 0.155 e. The first-order valence-corrected chi connectivity index (χ1v) is 12.3. The van der Waals surface area contributed by atoms with Crippen molar-refractivity contribution in [2.45, 2.75) is 6.67 Å². The van der Waals surface area contributed by atoms with Crippen molar-refractivity contribution in [2.75, 3.05) is 0 Å². The van der Waals surface area contributed by atoms with Gasteiger partial charge in [0, 0.05) is 32.7 Å². The van der Waals surface area contributed by atoms with E-state index in [1.807, 2.05) is 42.5 Å². The second-order valence-electron chi connectivity index (χ2n) is 9.10. The second-order valence-corrected chi connectivity index (χ2v) is 9.10. The molecular formula is C33H23N3O. The van der Waals surface area contributed by atoms with Gasteiger partial charge >= 0.3 is 0 Å². The Morgan fingerprint density at radius 3 is 2.27 bits per heavy atom. The number of amidine groups is 1. The lowest BCUT2D eigenvalue weighted by molar-refractivity contribution is 0.670. The fourth-order valence-corrected chi connectivity index (χ4v) is 5.31. The SMILES string of the molecule is C=N/C(=N\Cn1c2ccccc2c2cc(-c3cccc4c3oc3ccccc34)ccc21)c1ccccc1. The van der Waals surface area contributed by atoms with Crippen LogP contribution in [-0.4, -0.2) is 17.1 Å². The van der Waals surface area contributed by atoms with Crippen LogP contribution in [0, 0.1) is 0 Å². The molecule has 0 bridgehead atoms. The molecule has 0 saturated carbocycles. The summed E-state index contributed by atoms with van der Waals surface area (Å²) in [6, 6.07) is 39.7. The van der Waals surface area contributed by atoms with Crippen molar-refractivity contribution >= 4 is 56.3 Å². The van der Waals surface area contributed by atoms with Crippen molar-refractivity contribution in [3.8, 4) is 11.1 Å². The Kier molecular flexibility index (Phi) is 4.96. The fourth-order valence-electron chi connectivity index (χ4n) is 5.31. The third-order valence-electron chi connectivity index (χ3n) is 7.03. The summed E-state index contributed by atoms with van der Waals surface area (Å²) in [4.78, 5) is 9.03. The van der Waals surface area contributed by atoms with E-state index >= 15 is 0 Å². The van der Waals surface area contributed by atoms with Crippen LogP contribution in [0.2, 0.25) is 0 Å². The van der Waals surface area contributed by atoms with Crippen LogP contribution >= 0.6 is 0 Å². The average Bonchev–Trinajstić information content (AvgIpc) is 3.49. The molecule has 0 unspecified atom stereocenters. The lowest BCUT2D eigenvalue weighted by Crippen LogP contribution is -2.01. The number of fused-ring (bicyclic) bond motifs is 6. The van der Waals surface area contributed by atoms with Crippen LogP contribution in [0.3, 0.4) is 0 Å². The first kappa shape index (κ1) is 21.3. The number of nitrogens with zero attached hydrogens (tertiary/aromatic N) is 3. The predicted octanol–water partition coefficient (Wildman–Crippen LogP) is 8.47. The first-order chi connectivity index (χ1) is 18.3. The van der Waals surface area contributed by atoms with Crippen molar-refractivity contribution in [3.63, 3.8) is 0 Å². The maximum Gasteiger partial charge on any atom is 0.155 e. The van der Waals surface area contributed by atoms with Crippen molar-refractivity contribution in [2.24, 2.45) is 9.98 Å². The third-order valence-corrected chi connectivity index (χ3v) is 7.03. The van der Waals surface area contributed by atoms with E-state index < -0.39 is 0 Å². The Balaban J connectivity index is 1.39. The number of aliphatic imine (C=N–C) groups is 2. The number of hydrogen-bond donors (Lipinski definition) is 0.